The standard InChI is InChI=1S/C16H35N3/c1-6-7-8-9-10-16(4,13-17)19-11-14(2)18(5)15(3)12-19/h14-15H,6-13,17H2,1-5H3. The monoisotopic (exact) mass is 269 g/mol. The van der Waals surface area contributed by atoms with Crippen LogP contribution in [0, 0.1) is 0 Å². The van der Waals surface area contributed by atoms with Crippen molar-refractivity contribution in [1.82, 2.24) is 9.80 Å². The number of unbranched alkanes of at least 4 members (excludes halogenated alkanes) is 3. The van der Waals surface area contributed by atoms with Gasteiger partial charge in [0.25, 0.3) is 0 Å². The lowest BCUT2D eigenvalue weighted by molar-refractivity contribution is -0.00670. The van der Waals surface area contributed by atoms with E-state index < -0.39 is 0 Å². The molecule has 0 amide bonds. The minimum absolute atomic E-state index is 0.192. The molecule has 0 spiro atoms. The zero-order valence-electron chi connectivity index (χ0n) is 13.8. The molecule has 114 valence electrons. The topological polar surface area (TPSA) is 32.5 Å². The SMILES string of the molecule is CCCCCCC(C)(CN)N1CC(C)N(C)C(C)C1. The molecule has 0 bridgehead atoms. The van der Waals surface area contributed by atoms with Crippen molar-refractivity contribution in [3.8, 4) is 0 Å². The number of nitrogens with two attached hydrogens (primary N) is 1. The van der Waals surface area contributed by atoms with Gasteiger partial charge in [0.15, 0.2) is 0 Å². The highest BCUT2D eigenvalue weighted by atomic mass is 15.3. The molecule has 2 N–H and O–H groups in total. The summed E-state index contributed by atoms with van der Waals surface area (Å²) in [5, 5.41) is 0. The molecule has 3 unspecified atom stereocenters. The van der Waals surface area contributed by atoms with Crippen LogP contribution in [0.2, 0.25) is 0 Å². The smallest absolute Gasteiger partial charge is 0.0304 e. The van der Waals surface area contributed by atoms with E-state index in [-0.39, 0.29) is 5.54 Å². The first-order valence-corrected chi connectivity index (χ1v) is 8.11. The molecule has 1 rings (SSSR count). The van der Waals surface area contributed by atoms with Crippen molar-refractivity contribution >= 4 is 0 Å². The van der Waals surface area contributed by atoms with Crippen molar-refractivity contribution in [3.63, 3.8) is 0 Å². The Balaban J connectivity index is 2.57. The van der Waals surface area contributed by atoms with E-state index in [1.54, 1.807) is 0 Å². The fourth-order valence-corrected chi connectivity index (χ4v) is 3.17. The van der Waals surface area contributed by atoms with Gasteiger partial charge in [0.1, 0.15) is 0 Å². The Labute approximate surface area is 120 Å². The van der Waals surface area contributed by atoms with E-state index in [0.717, 1.165) is 19.6 Å². The van der Waals surface area contributed by atoms with Gasteiger partial charge in [-0.2, -0.15) is 0 Å². The first-order chi connectivity index (χ1) is 8.94. The molecular formula is C16H35N3. The largest absolute Gasteiger partial charge is 0.329 e. The molecule has 3 nitrogen and oxygen atoms in total. The van der Waals surface area contributed by atoms with E-state index >= 15 is 0 Å². The van der Waals surface area contributed by atoms with E-state index in [0.29, 0.717) is 12.1 Å². The third-order valence-electron chi connectivity index (χ3n) is 5.13. The Kier molecular flexibility index (Phi) is 6.78. The summed E-state index contributed by atoms with van der Waals surface area (Å²) in [4.78, 5) is 5.14. The number of likely N-dealkylation sites (N-methyl/N-ethyl adjacent to an activating group) is 1. The maximum atomic E-state index is 6.12. The third-order valence-corrected chi connectivity index (χ3v) is 5.13. The van der Waals surface area contributed by atoms with Crippen LogP contribution in [0.5, 0.6) is 0 Å². The lowest BCUT2D eigenvalue weighted by atomic mass is 9.89. The van der Waals surface area contributed by atoms with Gasteiger partial charge in [0, 0.05) is 37.3 Å². The molecule has 0 aromatic heterocycles. The van der Waals surface area contributed by atoms with Crippen molar-refractivity contribution in [1.29, 1.82) is 0 Å². The predicted octanol–water partition coefficient (Wildman–Crippen LogP) is 2.70. The second-order valence-electron chi connectivity index (χ2n) is 6.78. The van der Waals surface area contributed by atoms with Crippen LogP contribution >= 0.6 is 0 Å². The Morgan fingerprint density at radius 1 is 1.11 bits per heavy atom. The van der Waals surface area contributed by atoms with E-state index in [1.165, 1.54) is 32.1 Å². The summed E-state index contributed by atoms with van der Waals surface area (Å²) in [5.41, 5.74) is 6.31. The molecule has 0 aromatic rings. The van der Waals surface area contributed by atoms with Crippen molar-refractivity contribution in [3.05, 3.63) is 0 Å². The van der Waals surface area contributed by atoms with E-state index in [2.05, 4.69) is 44.5 Å². The highest BCUT2D eigenvalue weighted by molar-refractivity contribution is 4.94. The molecule has 1 aliphatic heterocycles. The van der Waals surface area contributed by atoms with Gasteiger partial charge in [-0.15, -0.1) is 0 Å². The maximum Gasteiger partial charge on any atom is 0.0304 e. The van der Waals surface area contributed by atoms with Gasteiger partial charge in [0.2, 0.25) is 0 Å². The van der Waals surface area contributed by atoms with Crippen LogP contribution in [0.15, 0.2) is 0 Å². The molecule has 0 aliphatic carbocycles. The van der Waals surface area contributed by atoms with Gasteiger partial charge < -0.3 is 5.73 Å². The average Bonchev–Trinajstić information content (AvgIpc) is 2.40. The molecule has 1 aliphatic rings. The van der Waals surface area contributed by atoms with Crippen molar-refractivity contribution in [2.24, 2.45) is 5.73 Å². The molecule has 1 fully saturated rings. The summed E-state index contributed by atoms with van der Waals surface area (Å²) in [6, 6.07) is 1.26. The minimum atomic E-state index is 0.192. The van der Waals surface area contributed by atoms with Crippen molar-refractivity contribution < 1.29 is 0 Å². The number of rotatable bonds is 7. The fraction of sp³-hybridized carbons (Fsp3) is 1.00. The molecule has 3 heteroatoms. The summed E-state index contributed by atoms with van der Waals surface area (Å²) in [5.74, 6) is 0. The summed E-state index contributed by atoms with van der Waals surface area (Å²) < 4.78 is 0. The van der Waals surface area contributed by atoms with Crippen molar-refractivity contribution in [2.75, 3.05) is 26.7 Å². The molecule has 19 heavy (non-hydrogen) atoms. The van der Waals surface area contributed by atoms with Crippen LogP contribution < -0.4 is 5.73 Å². The highest BCUT2D eigenvalue weighted by Crippen LogP contribution is 2.26. The lowest BCUT2D eigenvalue weighted by Gasteiger charge is -2.50. The van der Waals surface area contributed by atoms with Gasteiger partial charge in [-0.1, -0.05) is 32.6 Å². The summed E-state index contributed by atoms with van der Waals surface area (Å²) in [6.45, 7) is 12.4. The van der Waals surface area contributed by atoms with Crippen LogP contribution in [0.4, 0.5) is 0 Å². The lowest BCUT2D eigenvalue weighted by Crippen LogP contribution is -2.63. The molecule has 3 atom stereocenters. The second-order valence-corrected chi connectivity index (χ2v) is 6.78. The van der Waals surface area contributed by atoms with Gasteiger partial charge in [-0.05, 0) is 34.2 Å². The van der Waals surface area contributed by atoms with E-state index in [9.17, 15) is 0 Å². The van der Waals surface area contributed by atoms with Crippen LogP contribution in [-0.2, 0) is 0 Å². The van der Waals surface area contributed by atoms with Crippen LogP contribution in [0.25, 0.3) is 0 Å². The van der Waals surface area contributed by atoms with Crippen LogP contribution in [0.1, 0.15) is 59.8 Å². The molecule has 0 radical (unpaired) electrons. The Bertz CT molecular complexity index is 244. The van der Waals surface area contributed by atoms with Crippen molar-refractivity contribution in [2.45, 2.75) is 77.4 Å². The molecule has 0 saturated carbocycles. The first-order valence-electron chi connectivity index (χ1n) is 8.11. The van der Waals surface area contributed by atoms with E-state index in [4.69, 9.17) is 5.73 Å². The number of nitrogens with zero attached hydrogens (tertiary/aromatic N) is 2. The number of hydrogen-bond donors (Lipinski definition) is 1. The zero-order chi connectivity index (χ0) is 14.5. The minimum Gasteiger partial charge on any atom is -0.329 e. The molecule has 1 heterocycles. The molecule has 0 aromatic carbocycles. The molecule has 1 saturated heterocycles. The third kappa shape index (κ3) is 4.44. The Morgan fingerprint density at radius 3 is 2.16 bits per heavy atom. The zero-order valence-corrected chi connectivity index (χ0v) is 13.8. The Hall–Kier alpha value is -0.120. The first kappa shape index (κ1) is 16.9. The maximum absolute atomic E-state index is 6.12. The number of piperazine rings is 1. The van der Waals surface area contributed by atoms with E-state index in [1.807, 2.05) is 0 Å². The van der Waals surface area contributed by atoms with Gasteiger partial charge in [0.05, 0.1) is 0 Å². The Morgan fingerprint density at radius 2 is 1.68 bits per heavy atom. The quantitative estimate of drug-likeness (QED) is 0.721. The highest BCUT2D eigenvalue weighted by Gasteiger charge is 2.36. The van der Waals surface area contributed by atoms with Gasteiger partial charge >= 0.3 is 0 Å². The molecular weight excluding hydrogens is 234 g/mol. The fourth-order valence-electron chi connectivity index (χ4n) is 3.17. The van der Waals surface area contributed by atoms with Gasteiger partial charge in [-0.25, -0.2) is 0 Å². The van der Waals surface area contributed by atoms with Gasteiger partial charge in [-0.3, -0.25) is 9.80 Å². The van der Waals surface area contributed by atoms with Crippen LogP contribution in [-0.4, -0.2) is 54.1 Å². The second kappa shape index (κ2) is 7.61. The average molecular weight is 269 g/mol. The van der Waals surface area contributed by atoms with Crippen LogP contribution in [0.3, 0.4) is 0 Å². The normalized spacial score (nSPS) is 29.4. The predicted molar refractivity (Wildman–Crippen MR) is 84.5 cm³/mol. The number of hydrogen-bond acceptors (Lipinski definition) is 3. The summed E-state index contributed by atoms with van der Waals surface area (Å²) in [6.07, 6.45) is 6.58. The summed E-state index contributed by atoms with van der Waals surface area (Å²) in [7, 11) is 2.24. The summed E-state index contributed by atoms with van der Waals surface area (Å²) >= 11 is 0.